The fourth-order valence-electron chi connectivity index (χ4n) is 2.72. The Morgan fingerprint density at radius 2 is 2.22 bits per heavy atom. The van der Waals surface area contributed by atoms with Gasteiger partial charge in [-0.05, 0) is 31.4 Å². The Bertz CT molecular complexity index is 462. The summed E-state index contributed by atoms with van der Waals surface area (Å²) in [5, 5.41) is 20.0. The molecule has 1 aromatic rings. The number of aliphatic hydroxyl groups is 1. The molecule has 1 fully saturated rings. The number of rotatable bonds is 3. The van der Waals surface area contributed by atoms with Crippen molar-refractivity contribution in [2.24, 2.45) is 5.92 Å². The Morgan fingerprint density at radius 1 is 1.50 bits per heavy atom. The molecule has 1 saturated heterocycles. The van der Waals surface area contributed by atoms with Gasteiger partial charge in [0.15, 0.2) is 0 Å². The third kappa shape index (κ3) is 2.31. The highest BCUT2D eigenvalue weighted by atomic mass is 16.6. The molecule has 0 aliphatic carbocycles. The van der Waals surface area contributed by atoms with E-state index in [2.05, 4.69) is 18.7 Å². The van der Waals surface area contributed by atoms with E-state index < -0.39 is 4.92 Å². The topological polar surface area (TPSA) is 66.6 Å². The molecule has 1 aliphatic heterocycles. The molecule has 0 amide bonds. The monoisotopic (exact) mass is 250 g/mol. The molecule has 2 atom stereocenters. The number of anilines is 1. The van der Waals surface area contributed by atoms with Crippen molar-refractivity contribution in [2.45, 2.75) is 32.9 Å². The molecule has 0 bridgehead atoms. The van der Waals surface area contributed by atoms with Crippen molar-refractivity contribution in [3.8, 4) is 0 Å². The van der Waals surface area contributed by atoms with E-state index in [1.54, 1.807) is 12.1 Å². The van der Waals surface area contributed by atoms with Gasteiger partial charge in [-0.3, -0.25) is 10.1 Å². The van der Waals surface area contributed by atoms with E-state index in [0.717, 1.165) is 18.7 Å². The fraction of sp³-hybridized carbons (Fsp3) is 0.538. The van der Waals surface area contributed by atoms with Crippen LogP contribution in [0.15, 0.2) is 18.2 Å². The molecule has 2 rings (SSSR count). The molecule has 1 heterocycles. The van der Waals surface area contributed by atoms with Crippen LogP contribution in [0.1, 0.15) is 25.8 Å². The lowest BCUT2D eigenvalue weighted by atomic mass is 10.1. The number of aliphatic hydroxyl groups excluding tert-OH is 1. The van der Waals surface area contributed by atoms with Crippen molar-refractivity contribution in [1.82, 2.24) is 0 Å². The molecule has 5 nitrogen and oxygen atoms in total. The standard InChI is InChI=1S/C13H18N2O3/c1-9-5-10(2)14(7-9)12-3-4-13(15(17)18)11(6-12)8-16/h3-4,6,9-10,16H,5,7-8H2,1-2H3. The zero-order valence-corrected chi connectivity index (χ0v) is 10.7. The van der Waals surface area contributed by atoms with Gasteiger partial charge in [-0.25, -0.2) is 0 Å². The second-order valence-electron chi connectivity index (χ2n) is 5.07. The summed E-state index contributed by atoms with van der Waals surface area (Å²) in [5.41, 5.74) is 1.33. The number of nitrogens with zero attached hydrogens (tertiary/aromatic N) is 2. The van der Waals surface area contributed by atoms with Crippen LogP contribution < -0.4 is 4.90 Å². The third-order valence-corrected chi connectivity index (χ3v) is 3.55. The zero-order chi connectivity index (χ0) is 13.3. The predicted octanol–water partition coefficient (Wildman–Crippen LogP) is 2.32. The van der Waals surface area contributed by atoms with Gasteiger partial charge < -0.3 is 10.0 Å². The van der Waals surface area contributed by atoms with E-state index in [1.807, 2.05) is 0 Å². The summed E-state index contributed by atoms with van der Waals surface area (Å²) in [6.07, 6.45) is 1.13. The number of nitro benzene ring substituents is 1. The van der Waals surface area contributed by atoms with Gasteiger partial charge in [-0.2, -0.15) is 0 Å². The highest BCUT2D eigenvalue weighted by Gasteiger charge is 2.27. The highest BCUT2D eigenvalue weighted by Crippen LogP contribution is 2.31. The van der Waals surface area contributed by atoms with Crippen LogP contribution in [0.25, 0.3) is 0 Å². The zero-order valence-electron chi connectivity index (χ0n) is 10.7. The maximum absolute atomic E-state index is 10.8. The summed E-state index contributed by atoms with van der Waals surface area (Å²) in [6, 6.07) is 5.42. The second-order valence-corrected chi connectivity index (χ2v) is 5.07. The van der Waals surface area contributed by atoms with Crippen LogP contribution in [-0.2, 0) is 6.61 Å². The van der Waals surface area contributed by atoms with Gasteiger partial charge in [0.1, 0.15) is 0 Å². The molecule has 98 valence electrons. The van der Waals surface area contributed by atoms with E-state index in [4.69, 9.17) is 0 Å². The van der Waals surface area contributed by atoms with Crippen molar-refractivity contribution in [3.63, 3.8) is 0 Å². The van der Waals surface area contributed by atoms with Crippen LogP contribution in [-0.4, -0.2) is 22.6 Å². The lowest BCUT2D eigenvalue weighted by Crippen LogP contribution is -2.26. The van der Waals surface area contributed by atoms with Crippen molar-refractivity contribution in [2.75, 3.05) is 11.4 Å². The average Bonchev–Trinajstić information content (AvgIpc) is 2.67. The molecule has 18 heavy (non-hydrogen) atoms. The Labute approximate surface area is 106 Å². The first-order chi connectivity index (χ1) is 8.52. The minimum absolute atomic E-state index is 0.0128. The maximum Gasteiger partial charge on any atom is 0.275 e. The summed E-state index contributed by atoms with van der Waals surface area (Å²) >= 11 is 0. The molecule has 1 aliphatic rings. The quantitative estimate of drug-likeness (QED) is 0.660. The van der Waals surface area contributed by atoms with Crippen LogP contribution in [0.5, 0.6) is 0 Å². The maximum atomic E-state index is 10.8. The Kier molecular flexibility index (Phi) is 3.52. The highest BCUT2D eigenvalue weighted by molar-refractivity contribution is 5.56. The molecule has 2 unspecified atom stereocenters. The minimum Gasteiger partial charge on any atom is -0.391 e. The van der Waals surface area contributed by atoms with E-state index in [0.29, 0.717) is 17.5 Å². The van der Waals surface area contributed by atoms with Gasteiger partial charge in [-0.15, -0.1) is 0 Å². The molecule has 0 radical (unpaired) electrons. The third-order valence-electron chi connectivity index (χ3n) is 3.55. The molecule has 1 aromatic carbocycles. The van der Waals surface area contributed by atoms with Crippen LogP contribution in [0, 0.1) is 16.0 Å². The Morgan fingerprint density at radius 3 is 2.72 bits per heavy atom. The Balaban J connectivity index is 2.33. The van der Waals surface area contributed by atoms with E-state index >= 15 is 0 Å². The normalized spacial score (nSPS) is 23.4. The first kappa shape index (κ1) is 12.8. The number of benzene rings is 1. The first-order valence-corrected chi connectivity index (χ1v) is 6.17. The average molecular weight is 250 g/mol. The van der Waals surface area contributed by atoms with Gasteiger partial charge in [0.2, 0.25) is 0 Å². The van der Waals surface area contributed by atoms with Crippen LogP contribution in [0.3, 0.4) is 0 Å². The number of hydrogen-bond acceptors (Lipinski definition) is 4. The van der Waals surface area contributed by atoms with Crippen molar-refractivity contribution in [1.29, 1.82) is 0 Å². The molecule has 0 aromatic heterocycles. The number of nitro groups is 1. The summed E-state index contributed by atoms with van der Waals surface area (Å²) in [7, 11) is 0. The van der Waals surface area contributed by atoms with Crippen LogP contribution in [0.2, 0.25) is 0 Å². The molecular weight excluding hydrogens is 232 g/mol. The lowest BCUT2D eigenvalue weighted by Gasteiger charge is -2.24. The van der Waals surface area contributed by atoms with Crippen LogP contribution in [0.4, 0.5) is 11.4 Å². The van der Waals surface area contributed by atoms with Crippen molar-refractivity contribution in [3.05, 3.63) is 33.9 Å². The summed E-state index contributed by atoms with van der Waals surface area (Å²) in [6.45, 7) is 5.02. The SMILES string of the molecule is CC1CC(C)N(c2ccc([N+](=O)[O-])c(CO)c2)C1. The minimum atomic E-state index is -0.453. The largest absolute Gasteiger partial charge is 0.391 e. The van der Waals surface area contributed by atoms with E-state index in [9.17, 15) is 15.2 Å². The van der Waals surface area contributed by atoms with Crippen molar-refractivity contribution < 1.29 is 10.0 Å². The molecule has 0 saturated carbocycles. The fourth-order valence-corrected chi connectivity index (χ4v) is 2.72. The first-order valence-electron chi connectivity index (χ1n) is 6.17. The summed E-state index contributed by atoms with van der Waals surface area (Å²) in [5.74, 6) is 0.632. The predicted molar refractivity (Wildman–Crippen MR) is 69.6 cm³/mol. The van der Waals surface area contributed by atoms with Gasteiger partial charge >= 0.3 is 0 Å². The summed E-state index contributed by atoms with van der Waals surface area (Å²) < 4.78 is 0. The van der Waals surface area contributed by atoms with Gasteiger partial charge in [-0.1, -0.05) is 6.92 Å². The Hall–Kier alpha value is -1.62. The van der Waals surface area contributed by atoms with Gasteiger partial charge in [0, 0.05) is 24.3 Å². The molecule has 5 heteroatoms. The molecule has 1 N–H and O–H groups in total. The summed E-state index contributed by atoms with van der Waals surface area (Å²) in [4.78, 5) is 12.6. The van der Waals surface area contributed by atoms with Gasteiger partial charge in [0.25, 0.3) is 5.69 Å². The number of hydrogen-bond donors (Lipinski definition) is 1. The molecular formula is C13H18N2O3. The van der Waals surface area contributed by atoms with Crippen LogP contribution >= 0.6 is 0 Å². The lowest BCUT2D eigenvalue weighted by molar-refractivity contribution is -0.385. The van der Waals surface area contributed by atoms with Crippen molar-refractivity contribution >= 4 is 11.4 Å². The smallest absolute Gasteiger partial charge is 0.275 e. The van der Waals surface area contributed by atoms with Gasteiger partial charge in [0.05, 0.1) is 17.1 Å². The van der Waals surface area contributed by atoms with E-state index in [1.165, 1.54) is 6.07 Å². The second kappa shape index (κ2) is 4.94. The molecule has 0 spiro atoms. The van der Waals surface area contributed by atoms with E-state index in [-0.39, 0.29) is 12.3 Å².